The van der Waals surface area contributed by atoms with Crippen molar-refractivity contribution in [3.63, 3.8) is 0 Å². The largest absolute Gasteiger partial charge is 0.744 e. The van der Waals surface area contributed by atoms with Crippen LogP contribution in [0, 0.1) is 16.7 Å². The number of aryl methyl sites for hydroxylation is 1. The van der Waals surface area contributed by atoms with Gasteiger partial charge in [0.2, 0.25) is 17.1 Å². The van der Waals surface area contributed by atoms with E-state index in [0.29, 0.717) is 29.9 Å². The molecule has 3 aliphatic rings. The first kappa shape index (κ1) is 34.1. The highest BCUT2D eigenvalue weighted by Gasteiger charge is 2.66. The number of hydrogen-bond donors (Lipinski definition) is 2. The summed E-state index contributed by atoms with van der Waals surface area (Å²) in [5.41, 5.74) is -1.48. The summed E-state index contributed by atoms with van der Waals surface area (Å²) in [6, 6.07) is 15.9. The van der Waals surface area contributed by atoms with Crippen LogP contribution < -0.4 is 15.2 Å². The number of amides is 1. The van der Waals surface area contributed by atoms with Crippen LogP contribution in [0.3, 0.4) is 0 Å². The Bertz CT molecular complexity index is 1980. The third-order valence-electron chi connectivity index (χ3n) is 8.23. The van der Waals surface area contributed by atoms with Crippen LogP contribution >= 0.6 is 0 Å². The minimum atomic E-state index is -5.12. The molecule has 15 heteroatoms. The number of nitrogens with one attached hydrogen (secondary N) is 2. The summed E-state index contributed by atoms with van der Waals surface area (Å²) >= 11 is 0. The van der Waals surface area contributed by atoms with Crippen LogP contribution in [-0.2, 0) is 26.8 Å². The lowest BCUT2D eigenvalue weighted by atomic mass is 9.74. The van der Waals surface area contributed by atoms with E-state index < -0.39 is 33.4 Å². The number of carbonyl (C=O) groups excluding carboxylic acids is 2. The van der Waals surface area contributed by atoms with Gasteiger partial charge in [-0.3, -0.25) is 9.59 Å². The van der Waals surface area contributed by atoms with E-state index in [1.54, 1.807) is 36.5 Å². The molecule has 2 N–H and O–H groups in total. The average Bonchev–Trinajstić information content (AvgIpc) is 3.66. The van der Waals surface area contributed by atoms with Crippen molar-refractivity contribution >= 4 is 27.5 Å². The number of benzene rings is 2. The zero-order valence-corrected chi connectivity index (χ0v) is 26.7. The molecule has 3 aromatic rings. The van der Waals surface area contributed by atoms with Crippen molar-refractivity contribution < 1.29 is 40.3 Å². The fraction of sp³-hybridized carbons (Fsp3) is 0.273. The molecule has 0 bridgehead atoms. The van der Waals surface area contributed by atoms with Gasteiger partial charge >= 0.3 is 12.0 Å². The Balaban J connectivity index is 0.000000387. The number of aromatic nitrogens is 2. The molecule has 250 valence electrons. The third kappa shape index (κ3) is 6.62. The van der Waals surface area contributed by atoms with Crippen molar-refractivity contribution in [2.24, 2.45) is 12.5 Å². The maximum Gasteiger partial charge on any atom is 0.414 e. The second-order valence-electron chi connectivity index (χ2n) is 11.5. The molecular formula is C33H31F3N6O5S. The molecule has 48 heavy (non-hydrogen) atoms. The van der Waals surface area contributed by atoms with Crippen molar-refractivity contribution in [3.05, 3.63) is 108 Å². The number of nitriles is 1. The Hall–Kier alpha value is -5.20. The molecule has 0 spiro atoms. The van der Waals surface area contributed by atoms with Gasteiger partial charge in [-0.25, -0.2) is 13.0 Å². The number of halogens is 3. The van der Waals surface area contributed by atoms with E-state index in [-0.39, 0.29) is 28.9 Å². The molecule has 1 fully saturated rings. The molecule has 1 saturated carbocycles. The first-order valence-corrected chi connectivity index (χ1v) is 16.2. The number of Topliss-reactive ketones (excluding diaryl/α,β-unsaturated/α-hetero) is 1. The second kappa shape index (κ2) is 13.1. The van der Waals surface area contributed by atoms with Crippen LogP contribution in [0.1, 0.15) is 37.6 Å². The smallest absolute Gasteiger partial charge is 0.414 e. The number of ketones is 1. The maximum absolute atomic E-state index is 14.5. The standard InChI is InChI=1S/C27H25F3N6O2.C6H6O3S/c1-17-12-22(23(37)26(13-17,27(28,29)30)25(38)33-19-4-3-5-19)35-15-21(32-16-35)24-34(2)10-11-36(24)20-8-6-18(14-31)7-9-20;7-10(8,9)6-4-2-1-3-5-6/h6-13,15,19,32H,3-5,16H2,1-2H3;1-5H,(H,7,8,9). The Kier molecular flexibility index (Phi) is 9.34. The molecule has 2 aromatic carbocycles. The van der Waals surface area contributed by atoms with Gasteiger partial charge in [-0.05, 0) is 74.7 Å². The predicted octanol–water partition coefficient (Wildman–Crippen LogP) is 3.56. The number of rotatable bonds is 6. The lowest BCUT2D eigenvalue weighted by molar-refractivity contribution is -0.673. The zero-order chi connectivity index (χ0) is 34.9. The van der Waals surface area contributed by atoms with E-state index in [4.69, 9.17) is 5.26 Å². The fourth-order valence-corrected chi connectivity index (χ4v) is 5.99. The summed E-state index contributed by atoms with van der Waals surface area (Å²) < 4.78 is 78.1. The first-order chi connectivity index (χ1) is 22.7. The molecule has 1 aliphatic heterocycles. The SMILES string of the molecule is CC1=CC(C(=O)NC2CCC2)(C(F)(F)F)C(=O)C(N2C=C(c3n(-c4ccc(C#N)cc4)cc[n+]3C)NC2)=C1.O=S(=O)([O-])c1ccccc1. The molecule has 1 aromatic heterocycles. The van der Waals surface area contributed by atoms with Gasteiger partial charge in [-0.2, -0.15) is 23.0 Å². The van der Waals surface area contributed by atoms with Gasteiger partial charge in [0.25, 0.3) is 0 Å². The number of hydrogen-bond acceptors (Lipinski definition) is 8. The normalized spacial score (nSPS) is 19.5. The lowest BCUT2D eigenvalue weighted by Gasteiger charge is -2.37. The van der Waals surface area contributed by atoms with E-state index in [2.05, 4.69) is 16.7 Å². The molecule has 1 atom stereocenters. The number of nitrogens with zero attached hydrogens (tertiary/aromatic N) is 4. The van der Waals surface area contributed by atoms with E-state index in [0.717, 1.165) is 18.2 Å². The van der Waals surface area contributed by atoms with Crippen molar-refractivity contribution in [1.29, 1.82) is 5.26 Å². The minimum absolute atomic E-state index is 0.0386. The maximum atomic E-state index is 14.5. The highest BCUT2D eigenvalue weighted by atomic mass is 32.2. The van der Waals surface area contributed by atoms with Crippen molar-refractivity contribution in [2.45, 2.75) is 43.3 Å². The van der Waals surface area contributed by atoms with Crippen LogP contribution in [0.15, 0.2) is 102 Å². The van der Waals surface area contributed by atoms with E-state index in [9.17, 15) is 35.7 Å². The van der Waals surface area contributed by atoms with Crippen LogP contribution in [0.2, 0.25) is 0 Å². The quantitative estimate of drug-likeness (QED) is 0.228. The number of allylic oxidation sites excluding steroid dienone is 3. The molecule has 2 aliphatic carbocycles. The summed E-state index contributed by atoms with van der Waals surface area (Å²) in [6.07, 6.45) is 4.22. The monoisotopic (exact) mass is 680 g/mol. The van der Waals surface area contributed by atoms with Crippen molar-refractivity contribution in [2.75, 3.05) is 6.67 Å². The van der Waals surface area contributed by atoms with E-state index >= 15 is 0 Å². The van der Waals surface area contributed by atoms with Gasteiger partial charge < -0.3 is 20.1 Å². The van der Waals surface area contributed by atoms with Crippen molar-refractivity contribution in [3.8, 4) is 11.8 Å². The lowest BCUT2D eigenvalue weighted by Crippen LogP contribution is -2.59. The minimum Gasteiger partial charge on any atom is -0.744 e. The Morgan fingerprint density at radius 3 is 2.35 bits per heavy atom. The molecule has 6 rings (SSSR count). The molecular weight excluding hydrogens is 649 g/mol. The summed E-state index contributed by atoms with van der Waals surface area (Å²) in [4.78, 5) is 27.8. The molecule has 1 amide bonds. The summed E-state index contributed by atoms with van der Waals surface area (Å²) in [5.74, 6) is -1.96. The van der Waals surface area contributed by atoms with E-state index in [1.807, 2.05) is 28.6 Å². The Labute approximate surface area is 275 Å². The molecule has 0 saturated heterocycles. The number of alkyl halides is 3. The zero-order valence-electron chi connectivity index (χ0n) is 25.9. The Morgan fingerprint density at radius 2 is 1.81 bits per heavy atom. The summed E-state index contributed by atoms with van der Waals surface area (Å²) in [5, 5.41) is 14.7. The van der Waals surface area contributed by atoms with Gasteiger partial charge in [0.15, 0.2) is 0 Å². The van der Waals surface area contributed by atoms with Crippen LogP contribution in [0.25, 0.3) is 11.4 Å². The molecule has 11 nitrogen and oxygen atoms in total. The fourth-order valence-electron chi connectivity index (χ4n) is 5.50. The molecule has 0 radical (unpaired) electrons. The summed E-state index contributed by atoms with van der Waals surface area (Å²) in [7, 11) is -2.44. The van der Waals surface area contributed by atoms with Gasteiger partial charge in [0, 0.05) is 12.2 Å². The van der Waals surface area contributed by atoms with Gasteiger partial charge in [-0.15, -0.1) is 0 Å². The van der Waals surface area contributed by atoms with Gasteiger partial charge in [0.05, 0.1) is 35.9 Å². The highest BCUT2D eigenvalue weighted by Crippen LogP contribution is 2.46. The van der Waals surface area contributed by atoms with Crippen LogP contribution in [0.5, 0.6) is 0 Å². The third-order valence-corrected chi connectivity index (χ3v) is 9.08. The molecule has 1 unspecified atom stereocenters. The number of carbonyl (C=O) groups is 2. The van der Waals surface area contributed by atoms with Crippen LogP contribution in [0.4, 0.5) is 13.2 Å². The first-order valence-electron chi connectivity index (χ1n) is 14.8. The highest BCUT2D eigenvalue weighted by molar-refractivity contribution is 7.85. The van der Waals surface area contributed by atoms with Crippen molar-refractivity contribution in [1.82, 2.24) is 20.1 Å². The summed E-state index contributed by atoms with van der Waals surface area (Å²) in [6.45, 7) is 1.49. The Morgan fingerprint density at radius 1 is 1.15 bits per heavy atom. The average molecular weight is 681 g/mol. The van der Waals surface area contributed by atoms with Crippen LogP contribution in [-0.4, -0.2) is 53.0 Å². The predicted molar refractivity (Wildman–Crippen MR) is 165 cm³/mol. The molecule has 2 heterocycles. The van der Waals surface area contributed by atoms with Gasteiger partial charge in [-0.1, -0.05) is 23.8 Å². The number of imidazole rings is 1. The topological polar surface area (TPSA) is 151 Å². The van der Waals surface area contributed by atoms with E-state index in [1.165, 1.54) is 42.2 Å². The van der Waals surface area contributed by atoms with Gasteiger partial charge in [0.1, 0.15) is 33.9 Å². The second-order valence-corrected chi connectivity index (χ2v) is 12.9.